The molecule has 0 bridgehead atoms. The first-order valence-electron chi connectivity index (χ1n) is 4.57. The van der Waals surface area contributed by atoms with E-state index in [-0.39, 0.29) is 16.3 Å². The molecule has 2 aromatic rings. The van der Waals surface area contributed by atoms with Gasteiger partial charge in [0.25, 0.3) is 0 Å². The Morgan fingerprint density at radius 2 is 1.94 bits per heavy atom. The van der Waals surface area contributed by atoms with Crippen molar-refractivity contribution in [1.29, 1.82) is 0 Å². The number of aliphatic hydroxyl groups is 1. The third-order valence-electron chi connectivity index (χ3n) is 2.22. The number of aliphatic hydroxyl groups excluding tert-OH is 1. The summed E-state index contributed by atoms with van der Waals surface area (Å²) >= 11 is 12.0. The summed E-state index contributed by atoms with van der Waals surface area (Å²) in [5.74, 6) is -0.421. The summed E-state index contributed by atoms with van der Waals surface area (Å²) in [6.45, 7) is 0. The molecular formula is C11H6Br2ClFO2. The second kappa shape index (κ2) is 5.10. The van der Waals surface area contributed by atoms with E-state index in [1.54, 1.807) is 18.2 Å². The van der Waals surface area contributed by atoms with Gasteiger partial charge < -0.3 is 9.52 Å². The Kier molecular flexibility index (Phi) is 3.92. The van der Waals surface area contributed by atoms with Crippen LogP contribution in [0.15, 0.2) is 37.8 Å². The van der Waals surface area contributed by atoms with Crippen LogP contribution >= 0.6 is 43.5 Å². The summed E-state index contributed by atoms with van der Waals surface area (Å²) in [6.07, 6.45) is -1.19. The van der Waals surface area contributed by atoms with E-state index in [1.807, 2.05) is 0 Å². The number of rotatable bonds is 2. The van der Waals surface area contributed by atoms with Crippen LogP contribution in [0.3, 0.4) is 0 Å². The third kappa shape index (κ3) is 2.57. The van der Waals surface area contributed by atoms with Crippen molar-refractivity contribution in [3.05, 3.63) is 55.6 Å². The quantitative estimate of drug-likeness (QED) is 0.763. The topological polar surface area (TPSA) is 33.4 Å². The fraction of sp³-hybridized carbons (Fsp3) is 0.0909. The molecule has 1 unspecified atom stereocenters. The van der Waals surface area contributed by atoms with Gasteiger partial charge in [0.2, 0.25) is 0 Å². The van der Waals surface area contributed by atoms with Crippen molar-refractivity contribution in [1.82, 2.24) is 0 Å². The highest BCUT2D eigenvalue weighted by atomic mass is 79.9. The Hall–Kier alpha value is -0.360. The van der Waals surface area contributed by atoms with Gasteiger partial charge in [0, 0.05) is 10.0 Å². The largest absolute Gasteiger partial charge is 0.451 e. The molecule has 2 rings (SSSR count). The van der Waals surface area contributed by atoms with E-state index in [4.69, 9.17) is 16.0 Å². The Labute approximate surface area is 119 Å². The predicted molar refractivity (Wildman–Crippen MR) is 69.6 cm³/mol. The standard InChI is InChI=1S/C11H6Br2ClFO2/c12-6-2-1-5(10(15)9(6)14)11(16)7-3-4-8(13)17-7/h1-4,11,16H. The van der Waals surface area contributed by atoms with Crippen molar-refractivity contribution < 1.29 is 13.9 Å². The maximum atomic E-state index is 13.8. The summed E-state index contributed by atoms with van der Waals surface area (Å²) in [5, 5.41) is 9.91. The molecule has 2 nitrogen and oxygen atoms in total. The number of hydrogen-bond acceptors (Lipinski definition) is 2. The van der Waals surface area contributed by atoms with Crippen LogP contribution in [-0.4, -0.2) is 5.11 Å². The van der Waals surface area contributed by atoms with Gasteiger partial charge >= 0.3 is 0 Å². The minimum absolute atomic E-state index is 0.0628. The molecule has 17 heavy (non-hydrogen) atoms. The Morgan fingerprint density at radius 3 is 2.53 bits per heavy atom. The fourth-order valence-electron chi connectivity index (χ4n) is 1.38. The molecule has 1 aromatic heterocycles. The summed E-state index contributed by atoms with van der Waals surface area (Å²) in [4.78, 5) is 0. The van der Waals surface area contributed by atoms with Gasteiger partial charge in [-0.05, 0) is 50.1 Å². The first-order chi connectivity index (χ1) is 8.00. The number of benzene rings is 1. The van der Waals surface area contributed by atoms with Gasteiger partial charge in [0.1, 0.15) is 17.7 Å². The molecule has 1 aromatic carbocycles. The first-order valence-corrected chi connectivity index (χ1v) is 6.54. The normalized spacial score (nSPS) is 12.8. The van der Waals surface area contributed by atoms with Gasteiger partial charge in [-0.1, -0.05) is 17.7 Å². The van der Waals surface area contributed by atoms with Crippen molar-refractivity contribution in [2.75, 3.05) is 0 Å². The van der Waals surface area contributed by atoms with E-state index in [1.165, 1.54) is 6.07 Å². The zero-order valence-corrected chi connectivity index (χ0v) is 12.2. The second-order valence-corrected chi connectivity index (χ2v) is 5.32. The average Bonchev–Trinajstić information content (AvgIpc) is 2.72. The first kappa shape index (κ1) is 13.1. The molecule has 0 saturated heterocycles. The molecule has 1 N–H and O–H groups in total. The molecule has 90 valence electrons. The molecular weight excluding hydrogens is 378 g/mol. The van der Waals surface area contributed by atoms with Crippen LogP contribution in [0.5, 0.6) is 0 Å². The summed E-state index contributed by atoms with van der Waals surface area (Å²) < 4.78 is 19.9. The minimum atomic E-state index is -1.19. The number of hydrogen-bond donors (Lipinski definition) is 1. The zero-order chi connectivity index (χ0) is 12.6. The fourth-order valence-corrected chi connectivity index (χ4v) is 2.18. The van der Waals surface area contributed by atoms with Crippen molar-refractivity contribution in [2.24, 2.45) is 0 Å². The number of halogens is 4. The maximum absolute atomic E-state index is 13.8. The summed E-state index contributed by atoms with van der Waals surface area (Å²) in [5.41, 5.74) is 0.0695. The molecule has 1 heterocycles. The molecule has 6 heteroatoms. The molecule has 0 saturated carbocycles. The molecule has 0 radical (unpaired) electrons. The van der Waals surface area contributed by atoms with Crippen molar-refractivity contribution in [3.8, 4) is 0 Å². The highest BCUT2D eigenvalue weighted by Gasteiger charge is 2.21. The van der Waals surface area contributed by atoms with E-state index in [2.05, 4.69) is 31.9 Å². The van der Waals surface area contributed by atoms with Crippen LogP contribution in [0.4, 0.5) is 4.39 Å². The van der Waals surface area contributed by atoms with Gasteiger partial charge in [-0.2, -0.15) is 0 Å². The maximum Gasteiger partial charge on any atom is 0.169 e. The van der Waals surface area contributed by atoms with Gasteiger partial charge in [-0.25, -0.2) is 4.39 Å². The SMILES string of the molecule is OC(c1ccc(Br)o1)c1ccc(Br)c(Cl)c1F. The lowest BCUT2D eigenvalue weighted by Gasteiger charge is -2.11. The monoisotopic (exact) mass is 382 g/mol. The van der Waals surface area contributed by atoms with Crippen LogP contribution in [0.1, 0.15) is 17.4 Å². The summed E-state index contributed by atoms with van der Waals surface area (Å²) in [7, 11) is 0. The molecule has 0 aliphatic heterocycles. The van der Waals surface area contributed by atoms with Crippen molar-refractivity contribution in [3.63, 3.8) is 0 Å². The highest BCUT2D eigenvalue weighted by Crippen LogP contribution is 2.33. The van der Waals surface area contributed by atoms with Gasteiger partial charge in [0.05, 0.1) is 5.02 Å². The predicted octanol–water partition coefficient (Wildman–Crippen LogP) is 4.68. The van der Waals surface area contributed by atoms with Crippen LogP contribution in [0.25, 0.3) is 0 Å². The lowest BCUT2D eigenvalue weighted by Crippen LogP contribution is -2.02. The lowest BCUT2D eigenvalue weighted by molar-refractivity contribution is 0.183. The van der Waals surface area contributed by atoms with E-state index < -0.39 is 11.9 Å². The number of furan rings is 1. The molecule has 0 spiro atoms. The van der Waals surface area contributed by atoms with Crippen LogP contribution < -0.4 is 0 Å². The van der Waals surface area contributed by atoms with Crippen molar-refractivity contribution in [2.45, 2.75) is 6.10 Å². The van der Waals surface area contributed by atoms with Crippen LogP contribution in [0, 0.1) is 5.82 Å². The molecule has 0 fully saturated rings. The smallest absolute Gasteiger partial charge is 0.169 e. The van der Waals surface area contributed by atoms with Crippen LogP contribution in [0.2, 0.25) is 5.02 Å². The van der Waals surface area contributed by atoms with Gasteiger partial charge in [-0.15, -0.1) is 0 Å². The molecule has 1 atom stereocenters. The summed E-state index contributed by atoms with van der Waals surface area (Å²) in [6, 6.07) is 6.20. The lowest BCUT2D eigenvalue weighted by atomic mass is 10.1. The molecule has 0 aliphatic carbocycles. The van der Waals surface area contributed by atoms with Crippen molar-refractivity contribution >= 4 is 43.5 Å². The average molecular weight is 384 g/mol. The van der Waals surface area contributed by atoms with E-state index in [0.29, 0.717) is 9.14 Å². The molecule has 0 amide bonds. The zero-order valence-electron chi connectivity index (χ0n) is 8.25. The minimum Gasteiger partial charge on any atom is -0.451 e. The Balaban J connectivity index is 2.44. The Bertz CT molecular complexity index is 556. The highest BCUT2D eigenvalue weighted by molar-refractivity contribution is 9.10. The third-order valence-corrected chi connectivity index (χ3v) is 3.91. The van der Waals surface area contributed by atoms with E-state index in [0.717, 1.165) is 0 Å². The van der Waals surface area contributed by atoms with E-state index >= 15 is 0 Å². The second-order valence-electron chi connectivity index (χ2n) is 3.31. The van der Waals surface area contributed by atoms with Gasteiger partial charge in [-0.3, -0.25) is 0 Å². The Morgan fingerprint density at radius 1 is 1.24 bits per heavy atom. The van der Waals surface area contributed by atoms with E-state index in [9.17, 15) is 9.50 Å². The molecule has 0 aliphatic rings. The van der Waals surface area contributed by atoms with Crippen LogP contribution in [-0.2, 0) is 0 Å². The van der Waals surface area contributed by atoms with Gasteiger partial charge in [0.15, 0.2) is 4.67 Å².